The number of anilines is 1. The normalized spacial score (nSPS) is 16.6. The fourth-order valence-electron chi connectivity index (χ4n) is 3.16. The van der Waals surface area contributed by atoms with Crippen LogP contribution in [0.5, 0.6) is 5.75 Å². The molecule has 1 saturated heterocycles. The Morgan fingerprint density at radius 1 is 1.08 bits per heavy atom. The Morgan fingerprint density at radius 2 is 1.80 bits per heavy atom. The second-order valence-electron chi connectivity index (χ2n) is 6.51. The fourth-order valence-corrected chi connectivity index (χ4v) is 3.16. The zero-order chi connectivity index (χ0) is 17.3. The van der Waals surface area contributed by atoms with Crippen LogP contribution in [-0.2, 0) is 4.79 Å². The molecule has 1 aliphatic rings. The van der Waals surface area contributed by atoms with Crippen molar-refractivity contribution in [2.24, 2.45) is 5.92 Å². The van der Waals surface area contributed by atoms with Crippen LogP contribution in [0, 0.1) is 5.92 Å². The van der Waals surface area contributed by atoms with Gasteiger partial charge in [0.1, 0.15) is 5.75 Å². The van der Waals surface area contributed by atoms with E-state index >= 15 is 0 Å². The second kappa shape index (κ2) is 9.11. The van der Waals surface area contributed by atoms with Gasteiger partial charge >= 0.3 is 0 Å². The molecule has 0 aromatic heterocycles. The molecule has 1 atom stereocenters. The Morgan fingerprint density at radius 3 is 2.56 bits per heavy atom. The quantitative estimate of drug-likeness (QED) is 0.749. The molecule has 2 aromatic carbocycles. The van der Waals surface area contributed by atoms with E-state index in [9.17, 15) is 4.79 Å². The van der Waals surface area contributed by atoms with Gasteiger partial charge in [-0.05, 0) is 43.0 Å². The number of ether oxygens (including phenoxy) is 1. The molecule has 1 N–H and O–H groups in total. The average Bonchev–Trinajstić information content (AvgIpc) is 3.14. The summed E-state index contributed by atoms with van der Waals surface area (Å²) in [7, 11) is 0. The molecule has 0 bridgehead atoms. The number of nitrogens with zero attached hydrogens (tertiary/aromatic N) is 1. The first-order valence-electron chi connectivity index (χ1n) is 9.06. The summed E-state index contributed by atoms with van der Waals surface area (Å²) in [5.74, 6) is 1.51. The van der Waals surface area contributed by atoms with E-state index in [1.165, 1.54) is 5.69 Å². The highest BCUT2D eigenvalue weighted by Gasteiger charge is 2.22. The SMILES string of the molecule is O=C(CCCOc1ccccc1)NCC1CCN(c2ccccc2)C1. The molecule has 4 nitrogen and oxygen atoms in total. The molecule has 4 heteroatoms. The van der Waals surface area contributed by atoms with Gasteiger partial charge in [-0.25, -0.2) is 0 Å². The standard InChI is InChI=1S/C21H26N2O2/c24-21(12-7-15-25-20-10-5-2-6-11-20)22-16-18-13-14-23(17-18)19-8-3-1-4-9-19/h1-6,8-11,18H,7,12-17H2,(H,22,24). The summed E-state index contributed by atoms with van der Waals surface area (Å²) in [5, 5.41) is 3.07. The molecule has 3 rings (SSSR count). The summed E-state index contributed by atoms with van der Waals surface area (Å²) in [6, 6.07) is 20.2. The van der Waals surface area contributed by atoms with Crippen LogP contribution in [0.3, 0.4) is 0 Å². The Balaban J connectivity index is 1.29. The van der Waals surface area contributed by atoms with Crippen molar-refractivity contribution in [3.05, 3.63) is 60.7 Å². The molecule has 25 heavy (non-hydrogen) atoms. The smallest absolute Gasteiger partial charge is 0.220 e. The van der Waals surface area contributed by atoms with Crippen LogP contribution in [-0.4, -0.2) is 32.1 Å². The van der Waals surface area contributed by atoms with Crippen LogP contribution < -0.4 is 15.0 Å². The lowest BCUT2D eigenvalue weighted by Gasteiger charge is -2.18. The first kappa shape index (κ1) is 17.3. The Hall–Kier alpha value is -2.49. The minimum Gasteiger partial charge on any atom is -0.494 e. The summed E-state index contributed by atoms with van der Waals surface area (Å²) in [4.78, 5) is 14.4. The number of rotatable bonds is 8. The van der Waals surface area contributed by atoms with Gasteiger partial charge in [-0.15, -0.1) is 0 Å². The van der Waals surface area contributed by atoms with Gasteiger partial charge in [-0.1, -0.05) is 36.4 Å². The largest absolute Gasteiger partial charge is 0.494 e. The molecule has 1 heterocycles. The minimum absolute atomic E-state index is 0.120. The highest BCUT2D eigenvalue weighted by atomic mass is 16.5. The third-order valence-corrected chi connectivity index (χ3v) is 4.56. The van der Waals surface area contributed by atoms with Gasteiger partial charge in [-0.3, -0.25) is 4.79 Å². The van der Waals surface area contributed by atoms with Crippen molar-refractivity contribution in [1.82, 2.24) is 5.32 Å². The molecule has 1 unspecified atom stereocenters. The zero-order valence-corrected chi connectivity index (χ0v) is 14.6. The van der Waals surface area contributed by atoms with Crippen LogP contribution in [0.4, 0.5) is 5.69 Å². The van der Waals surface area contributed by atoms with Crippen LogP contribution in [0.25, 0.3) is 0 Å². The van der Waals surface area contributed by atoms with Gasteiger partial charge in [0.2, 0.25) is 5.91 Å². The summed E-state index contributed by atoms with van der Waals surface area (Å²) in [6.07, 6.45) is 2.38. The maximum atomic E-state index is 12.0. The van der Waals surface area contributed by atoms with E-state index in [1.54, 1.807) is 0 Å². The molecule has 1 amide bonds. The molecule has 132 valence electrons. The van der Waals surface area contributed by atoms with E-state index in [1.807, 2.05) is 36.4 Å². The van der Waals surface area contributed by atoms with Crippen molar-refractivity contribution >= 4 is 11.6 Å². The minimum atomic E-state index is 0.120. The molecule has 0 spiro atoms. The number of benzene rings is 2. The van der Waals surface area contributed by atoms with E-state index in [0.29, 0.717) is 18.9 Å². The van der Waals surface area contributed by atoms with Crippen LogP contribution >= 0.6 is 0 Å². The average molecular weight is 338 g/mol. The highest BCUT2D eigenvalue weighted by Crippen LogP contribution is 2.22. The number of para-hydroxylation sites is 2. The van der Waals surface area contributed by atoms with E-state index in [4.69, 9.17) is 4.74 Å². The summed E-state index contributed by atoms with van der Waals surface area (Å²) >= 11 is 0. The lowest BCUT2D eigenvalue weighted by molar-refractivity contribution is -0.121. The van der Waals surface area contributed by atoms with E-state index in [0.717, 1.165) is 38.2 Å². The molecular formula is C21H26N2O2. The number of nitrogens with one attached hydrogen (secondary N) is 1. The van der Waals surface area contributed by atoms with Crippen LogP contribution in [0.1, 0.15) is 19.3 Å². The van der Waals surface area contributed by atoms with E-state index in [-0.39, 0.29) is 5.91 Å². The number of carbonyl (C=O) groups is 1. The first-order valence-corrected chi connectivity index (χ1v) is 9.06. The molecule has 2 aromatic rings. The third kappa shape index (κ3) is 5.52. The molecule has 1 fully saturated rings. The Bertz CT molecular complexity index is 645. The van der Waals surface area contributed by atoms with Crippen molar-refractivity contribution in [2.45, 2.75) is 19.3 Å². The van der Waals surface area contributed by atoms with Crippen molar-refractivity contribution < 1.29 is 9.53 Å². The predicted molar refractivity (Wildman–Crippen MR) is 101 cm³/mol. The van der Waals surface area contributed by atoms with Gasteiger partial charge < -0.3 is 15.0 Å². The maximum absolute atomic E-state index is 12.0. The molecule has 0 aliphatic carbocycles. The summed E-state index contributed by atoms with van der Waals surface area (Å²) in [5.41, 5.74) is 1.27. The summed E-state index contributed by atoms with van der Waals surface area (Å²) in [6.45, 7) is 3.42. The highest BCUT2D eigenvalue weighted by molar-refractivity contribution is 5.75. The molecule has 1 aliphatic heterocycles. The maximum Gasteiger partial charge on any atom is 0.220 e. The number of hydrogen-bond donors (Lipinski definition) is 1. The van der Waals surface area contributed by atoms with Crippen molar-refractivity contribution in [1.29, 1.82) is 0 Å². The van der Waals surface area contributed by atoms with Crippen molar-refractivity contribution in [3.63, 3.8) is 0 Å². The van der Waals surface area contributed by atoms with Crippen LogP contribution in [0.15, 0.2) is 60.7 Å². The van der Waals surface area contributed by atoms with Gasteiger partial charge in [0.15, 0.2) is 0 Å². The van der Waals surface area contributed by atoms with E-state index < -0.39 is 0 Å². The first-order chi connectivity index (χ1) is 12.3. The zero-order valence-electron chi connectivity index (χ0n) is 14.6. The van der Waals surface area contributed by atoms with Gasteiger partial charge in [-0.2, -0.15) is 0 Å². The summed E-state index contributed by atoms with van der Waals surface area (Å²) < 4.78 is 5.61. The van der Waals surface area contributed by atoms with Gasteiger partial charge in [0, 0.05) is 31.7 Å². The van der Waals surface area contributed by atoms with E-state index in [2.05, 4.69) is 34.5 Å². The second-order valence-corrected chi connectivity index (χ2v) is 6.51. The fraction of sp³-hybridized carbons (Fsp3) is 0.381. The molecular weight excluding hydrogens is 312 g/mol. The van der Waals surface area contributed by atoms with Gasteiger partial charge in [0.05, 0.1) is 6.61 Å². The number of carbonyl (C=O) groups excluding carboxylic acids is 1. The Labute approximate surface area is 149 Å². The number of amides is 1. The van der Waals surface area contributed by atoms with Gasteiger partial charge in [0.25, 0.3) is 0 Å². The third-order valence-electron chi connectivity index (χ3n) is 4.56. The lowest BCUT2D eigenvalue weighted by atomic mass is 10.1. The predicted octanol–water partition coefficient (Wildman–Crippen LogP) is 3.49. The Kier molecular flexibility index (Phi) is 6.32. The van der Waals surface area contributed by atoms with Crippen molar-refractivity contribution in [2.75, 3.05) is 31.1 Å². The van der Waals surface area contributed by atoms with Crippen LogP contribution in [0.2, 0.25) is 0 Å². The monoisotopic (exact) mass is 338 g/mol. The molecule has 0 saturated carbocycles. The van der Waals surface area contributed by atoms with Crippen molar-refractivity contribution in [3.8, 4) is 5.75 Å². The number of hydrogen-bond acceptors (Lipinski definition) is 3. The molecule has 0 radical (unpaired) electrons. The topological polar surface area (TPSA) is 41.6 Å². The lowest BCUT2D eigenvalue weighted by Crippen LogP contribution is -2.31.